The lowest BCUT2D eigenvalue weighted by Gasteiger charge is -2.13. The number of amides is 2. The average molecular weight is 264 g/mol. The fourth-order valence-electron chi connectivity index (χ4n) is 2.36. The maximum Gasteiger partial charge on any atom is 0.318 e. The topological polar surface area (TPSA) is 71.0 Å². The molecule has 6 nitrogen and oxygen atoms in total. The van der Waals surface area contributed by atoms with Crippen molar-refractivity contribution in [3.05, 3.63) is 23.8 Å². The number of carbonyl (C=O) groups is 1. The molecule has 1 atom stereocenters. The predicted octanol–water partition coefficient (Wildman–Crippen LogP) is 0.864. The van der Waals surface area contributed by atoms with E-state index in [9.17, 15) is 4.79 Å². The minimum Gasteiger partial charge on any atom is -0.454 e. The summed E-state index contributed by atoms with van der Waals surface area (Å²) in [5.41, 5.74) is 1.00. The SMILES string of the molecule is O=C1NC(c2ccc3c(c2)OCO3)CN1CCCO. The van der Waals surface area contributed by atoms with Crippen LogP contribution in [0.5, 0.6) is 11.5 Å². The highest BCUT2D eigenvalue weighted by molar-refractivity contribution is 5.77. The second kappa shape index (κ2) is 4.97. The zero-order valence-corrected chi connectivity index (χ0v) is 10.5. The van der Waals surface area contributed by atoms with Crippen LogP contribution in [0.1, 0.15) is 18.0 Å². The molecule has 1 aromatic carbocycles. The van der Waals surface area contributed by atoms with Crippen molar-refractivity contribution in [1.29, 1.82) is 0 Å². The van der Waals surface area contributed by atoms with E-state index >= 15 is 0 Å². The monoisotopic (exact) mass is 264 g/mol. The van der Waals surface area contributed by atoms with Crippen molar-refractivity contribution < 1.29 is 19.4 Å². The lowest BCUT2D eigenvalue weighted by atomic mass is 10.1. The van der Waals surface area contributed by atoms with E-state index in [0.29, 0.717) is 19.5 Å². The van der Waals surface area contributed by atoms with Crippen LogP contribution in [0.25, 0.3) is 0 Å². The second-order valence-electron chi connectivity index (χ2n) is 4.64. The number of aliphatic hydroxyl groups is 1. The highest BCUT2D eigenvalue weighted by Crippen LogP contribution is 2.35. The van der Waals surface area contributed by atoms with Gasteiger partial charge in [-0.1, -0.05) is 6.07 Å². The molecule has 0 aromatic heterocycles. The molecule has 0 radical (unpaired) electrons. The van der Waals surface area contributed by atoms with Gasteiger partial charge in [-0.2, -0.15) is 0 Å². The zero-order chi connectivity index (χ0) is 13.2. The third kappa shape index (κ3) is 2.31. The van der Waals surface area contributed by atoms with Crippen LogP contribution in [0, 0.1) is 0 Å². The lowest BCUT2D eigenvalue weighted by molar-refractivity contribution is 0.174. The number of urea groups is 1. The molecule has 3 rings (SSSR count). The summed E-state index contributed by atoms with van der Waals surface area (Å²) in [6.07, 6.45) is 0.598. The van der Waals surface area contributed by atoms with E-state index in [2.05, 4.69) is 5.32 Å². The number of hydrogen-bond donors (Lipinski definition) is 2. The van der Waals surface area contributed by atoms with Crippen LogP contribution in [-0.2, 0) is 0 Å². The first-order chi connectivity index (χ1) is 9.28. The molecule has 2 amide bonds. The molecule has 0 bridgehead atoms. The summed E-state index contributed by atoms with van der Waals surface area (Å²) in [7, 11) is 0. The van der Waals surface area contributed by atoms with Crippen molar-refractivity contribution in [3.63, 3.8) is 0 Å². The van der Waals surface area contributed by atoms with E-state index in [0.717, 1.165) is 17.1 Å². The summed E-state index contributed by atoms with van der Waals surface area (Å²) in [5, 5.41) is 11.7. The minimum atomic E-state index is -0.0869. The summed E-state index contributed by atoms with van der Waals surface area (Å²) in [4.78, 5) is 13.5. The molecule has 102 valence electrons. The Morgan fingerprint density at radius 2 is 2.21 bits per heavy atom. The van der Waals surface area contributed by atoms with Crippen LogP contribution in [0.15, 0.2) is 18.2 Å². The van der Waals surface area contributed by atoms with Gasteiger partial charge in [0.15, 0.2) is 11.5 Å². The molecule has 0 aliphatic carbocycles. The van der Waals surface area contributed by atoms with E-state index in [4.69, 9.17) is 14.6 Å². The fraction of sp³-hybridized carbons (Fsp3) is 0.462. The van der Waals surface area contributed by atoms with Gasteiger partial charge in [0.1, 0.15) is 0 Å². The van der Waals surface area contributed by atoms with Crippen LogP contribution in [0.3, 0.4) is 0 Å². The Morgan fingerprint density at radius 3 is 3.05 bits per heavy atom. The van der Waals surface area contributed by atoms with Gasteiger partial charge in [-0.25, -0.2) is 4.79 Å². The van der Waals surface area contributed by atoms with Gasteiger partial charge in [-0.15, -0.1) is 0 Å². The quantitative estimate of drug-likeness (QED) is 0.846. The largest absolute Gasteiger partial charge is 0.454 e. The summed E-state index contributed by atoms with van der Waals surface area (Å²) >= 11 is 0. The Balaban J connectivity index is 1.71. The van der Waals surface area contributed by atoms with Gasteiger partial charge in [0.05, 0.1) is 6.04 Å². The van der Waals surface area contributed by atoms with Gasteiger partial charge in [0.2, 0.25) is 6.79 Å². The first-order valence-electron chi connectivity index (χ1n) is 6.34. The van der Waals surface area contributed by atoms with Gasteiger partial charge in [0, 0.05) is 19.7 Å². The number of hydrogen-bond acceptors (Lipinski definition) is 4. The van der Waals surface area contributed by atoms with Crippen molar-refractivity contribution >= 4 is 6.03 Å². The molecule has 1 aromatic rings. The molecule has 2 aliphatic rings. The number of nitrogens with zero attached hydrogens (tertiary/aromatic N) is 1. The number of carbonyl (C=O) groups excluding carboxylic acids is 1. The Labute approximate surface area is 110 Å². The number of benzene rings is 1. The average Bonchev–Trinajstić information content (AvgIpc) is 3.02. The number of ether oxygens (including phenoxy) is 2. The molecule has 2 N–H and O–H groups in total. The first-order valence-corrected chi connectivity index (χ1v) is 6.34. The molecule has 1 unspecified atom stereocenters. The molecule has 2 aliphatic heterocycles. The van der Waals surface area contributed by atoms with E-state index in [-0.39, 0.29) is 25.5 Å². The molecule has 19 heavy (non-hydrogen) atoms. The number of aliphatic hydroxyl groups excluding tert-OH is 1. The molecule has 0 spiro atoms. The smallest absolute Gasteiger partial charge is 0.318 e. The van der Waals surface area contributed by atoms with Gasteiger partial charge in [0.25, 0.3) is 0 Å². The minimum absolute atomic E-state index is 0.0410. The van der Waals surface area contributed by atoms with Crippen LogP contribution < -0.4 is 14.8 Å². The number of nitrogens with one attached hydrogen (secondary N) is 1. The summed E-state index contributed by atoms with van der Waals surface area (Å²) in [6, 6.07) is 5.58. The molecule has 2 heterocycles. The maximum absolute atomic E-state index is 11.8. The van der Waals surface area contributed by atoms with Crippen molar-refractivity contribution in [3.8, 4) is 11.5 Å². The zero-order valence-electron chi connectivity index (χ0n) is 10.5. The van der Waals surface area contributed by atoms with E-state index in [1.54, 1.807) is 4.90 Å². The molecule has 0 saturated carbocycles. The highest BCUT2D eigenvalue weighted by atomic mass is 16.7. The highest BCUT2D eigenvalue weighted by Gasteiger charge is 2.30. The van der Waals surface area contributed by atoms with E-state index < -0.39 is 0 Å². The standard InChI is InChI=1S/C13H16N2O4/c16-5-1-4-15-7-10(14-13(15)17)9-2-3-11-12(6-9)19-8-18-11/h2-3,6,10,16H,1,4-5,7-8H2,(H,14,17). The maximum atomic E-state index is 11.8. The summed E-state index contributed by atoms with van der Waals surface area (Å²) in [6.45, 7) is 1.53. The Morgan fingerprint density at radius 1 is 1.37 bits per heavy atom. The van der Waals surface area contributed by atoms with E-state index in [1.165, 1.54) is 0 Å². The molecule has 1 fully saturated rings. The predicted molar refractivity (Wildman–Crippen MR) is 67.1 cm³/mol. The van der Waals surface area contributed by atoms with Gasteiger partial charge >= 0.3 is 6.03 Å². The van der Waals surface area contributed by atoms with Crippen molar-refractivity contribution in [2.75, 3.05) is 26.5 Å². The van der Waals surface area contributed by atoms with Crippen LogP contribution in [-0.4, -0.2) is 42.5 Å². The summed E-state index contributed by atoms with van der Waals surface area (Å²) in [5.74, 6) is 1.46. The lowest BCUT2D eigenvalue weighted by Crippen LogP contribution is -2.29. The Kier molecular flexibility index (Phi) is 3.16. The van der Waals surface area contributed by atoms with Gasteiger partial charge in [-0.05, 0) is 24.1 Å². The Bertz CT molecular complexity index is 492. The normalized spacial score (nSPS) is 20.8. The molecular formula is C13H16N2O4. The summed E-state index contributed by atoms with van der Waals surface area (Å²) < 4.78 is 10.6. The van der Waals surface area contributed by atoms with Crippen molar-refractivity contribution in [1.82, 2.24) is 10.2 Å². The second-order valence-corrected chi connectivity index (χ2v) is 4.64. The number of rotatable bonds is 4. The molecule has 6 heteroatoms. The van der Waals surface area contributed by atoms with Crippen LogP contribution in [0.4, 0.5) is 4.79 Å². The number of fused-ring (bicyclic) bond motifs is 1. The van der Waals surface area contributed by atoms with Gasteiger partial charge in [-0.3, -0.25) is 0 Å². The van der Waals surface area contributed by atoms with Crippen molar-refractivity contribution in [2.24, 2.45) is 0 Å². The van der Waals surface area contributed by atoms with Gasteiger partial charge < -0.3 is 24.8 Å². The van der Waals surface area contributed by atoms with Crippen molar-refractivity contribution in [2.45, 2.75) is 12.5 Å². The van der Waals surface area contributed by atoms with Crippen LogP contribution >= 0.6 is 0 Å². The van der Waals surface area contributed by atoms with E-state index in [1.807, 2.05) is 18.2 Å². The molecular weight excluding hydrogens is 248 g/mol. The Hall–Kier alpha value is -1.95. The third-order valence-electron chi connectivity index (χ3n) is 3.37. The first kappa shape index (κ1) is 12.1. The van der Waals surface area contributed by atoms with Crippen LogP contribution in [0.2, 0.25) is 0 Å². The third-order valence-corrected chi connectivity index (χ3v) is 3.37. The molecule has 1 saturated heterocycles. The fourth-order valence-corrected chi connectivity index (χ4v) is 2.36.